The molecule has 0 aliphatic rings. The van der Waals surface area contributed by atoms with Gasteiger partial charge in [-0.2, -0.15) is 0 Å². The average Bonchev–Trinajstić information content (AvgIpc) is 2.31. The summed E-state index contributed by atoms with van der Waals surface area (Å²) in [6.07, 6.45) is 4.88. The number of hydrogen-bond acceptors (Lipinski definition) is 4. The van der Waals surface area contributed by atoms with E-state index in [1.807, 2.05) is 18.2 Å². The Bertz CT molecular complexity index is 473. The molecule has 5 heteroatoms. The van der Waals surface area contributed by atoms with Crippen LogP contribution in [0.25, 0.3) is 0 Å². The van der Waals surface area contributed by atoms with Gasteiger partial charge in [-0.05, 0) is 17.7 Å². The van der Waals surface area contributed by atoms with Crippen molar-refractivity contribution in [3.63, 3.8) is 0 Å². The molecule has 3 N–H and O–H groups in total. The van der Waals surface area contributed by atoms with E-state index in [2.05, 4.69) is 15.3 Å². The van der Waals surface area contributed by atoms with Gasteiger partial charge in [0.25, 0.3) is 0 Å². The Hall–Kier alpha value is -1.65. The van der Waals surface area contributed by atoms with Crippen LogP contribution in [0.2, 0.25) is 5.02 Å². The fraction of sp³-hybridized carbons (Fsp3) is 0.0909. The zero-order valence-corrected chi connectivity index (χ0v) is 9.28. The Morgan fingerprint density at radius 2 is 2.19 bits per heavy atom. The first kappa shape index (κ1) is 10.9. The van der Waals surface area contributed by atoms with E-state index in [4.69, 9.17) is 17.3 Å². The topological polar surface area (TPSA) is 63.8 Å². The van der Waals surface area contributed by atoms with Crippen molar-refractivity contribution in [2.75, 3.05) is 5.32 Å². The van der Waals surface area contributed by atoms with Crippen molar-refractivity contribution in [1.82, 2.24) is 9.97 Å². The van der Waals surface area contributed by atoms with Gasteiger partial charge in [0.15, 0.2) is 0 Å². The van der Waals surface area contributed by atoms with Crippen LogP contribution in [0, 0.1) is 0 Å². The van der Waals surface area contributed by atoms with E-state index < -0.39 is 0 Å². The minimum Gasteiger partial charge on any atom is -0.339 e. The second-order valence-corrected chi connectivity index (χ2v) is 3.66. The number of aromatic nitrogens is 2. The fourth-order valence-corrected chi connectivity index (χ4v) is 1.52. The molecular formula is C11H11ClN4. The normalized spacial score (nSPS) is 10.1. The van der Waals surface area contributed by atoms with Crippen LogP contribution in [-0.2, 0) is 6.54 Å². The molecule has 0 saturated carbocycles. The Balaban J connectivity index is 2.30. The van der Waals surface area contributed by atoms with Gasteiger partial charge in [0, 0.05) is 29.6 Å². The lowest BCUT2D eigenvalue weighted by atomic mass is 10.2. The molecule has 1 aromatic carbocycles. The van der Waals surface area contributed by atoms with Gasteiger partial charge in [-0.25, -0.2) is 4.98 Å². The first-order valence-electron chi connectivity index (χ1n) is 4.81. The van der Waals surface area contributed by atoms with Gasteiger partial charge in [0.05, 0.1) is 6.20 Å². The van der Waals surface area contributed by atoms with E-state index in [-0.39, 0.29) is 0 Å². The predicted octanol–water partition coefficient (Wildman–Crippen LogP) is 2.33. The van der Waals surface area contributed by atoms with Crippen LogP contribution in [0.3, 0.4) is 0 Å². The maximum atomic E-state index is 5.92. The summed E-state index contributed by atoms with van der Waals surface area (Å²) >= 11 is 5.92. The van der Waals surface area contributed by atoms with Gasteiger partial charge < -0.3 is 11.1 Å². The molecule has 0 aliphatic heterocycles. The van der Waals surface area contributed by atoms with Crippen molar-refractivity contribution in [1.29, 1.82) is 0 Å². The van der Waals surface area contributed by atoms with Gasteiger partial charge in [0.1, 0.15) is 5.82 Å². The number of nitrogens with two attached hydrogens (primary N) is 1. The highest BCUT2D eigenvalue weighted by atomic mass is 35.5. The maximum Gasteiger partial charge on any atom is 0.148 e. The van der Waals surface area contributed by atoms with Crippen molar-refractivity contribution in [3.8, 4) is 0 Å². The van der Waals surface area contributed by atoms with Crippen molar-refractivity contribution < 1.29 is 0 Å². The quantitative estimate of drug-likeness (QED) is 0.856. The van der Waals surface area contributed by atoms with Crippen molar-refractivity contribution in [3.05, 3.63) is 47.4 Å². The van der Waals surface area contributed by atoms with Crippen LogP contribution >= 0.6 is 11.6 Å². The molecule has 0 atom stereocenters. The van der Waals surface area contributed by atoms with E-state index in [1.165, 1.54) is 0 Å². The molecule has 16 heavy (non-hydrogen) atoms. The van der Waals surface area contributed by atoms with Crippen LogP contribution in [0.15, 0.2) is 36.8 Å². The lowest BCUT2D eigenvalue weighted by Gasteiger charge is -2.10. The van der Waals surface area contributed by atoms with Gasteiger partial charge in [-0.15, -0.1) is 0 Å². The predicted molar refractivity (Wildman–Crippen MR) is 64.7 cm³/mol. The van der Waals surface area contributed by atoms with E-state index in [9.17, 15) is 0 Å². The smallest absolute Gasteiger partial charge is 0.148 e. The second-order valence-electron chi connectivity index (χ2n) is 3.22. The number of rotatable bonds is 3. The minimum absolute atomic E-state index is 0.444. The number of nitrogens with zero attached hydrogens (tertiary/aromatic N) is 2. The van der Waals surface area contributed by atoms with E-state index >= 15 is 0 Å². The number of halogens is 1. The molecule has 0 spiro atoms. The Labute approximate surface area is 98.5 Å². The zero-order valence-electron chi connectivity index (χ0n) is 8.52. The van der Waals surface area contributed by atoms with Gasteiger partial charge in [-0.1, -0.05) is 17.7 Å². The third-order valence-corrected chi connectivity index (χ3v) is 2.35. The molecule has 1 aromatic heterocycles. The fourth-order valence-electron chi connectivity index (χ4n) is 1.34. The van der Waals surface area contributed by atoms with Gasteiger partial charge >= 0.3 is 0 Å². The Morgan fingerprint density at radius 1 is 1.31 bits per heavy atom. The molecule has 0 unspecified atom stereocenters. The maximum absolute atomic E-state index is 5.92. The molecule has 0 amide bonds. The minimum atomic E-state index is 0.444. The largest absolute Gasteiger partial charge is 0.339 e. The summed E-state index contributed by atoms with van der Waals surface area (Å²) in [5.41, 5.74) is 7.47. The summed E-state index contributed by atoms with van der Waals surface area (Å²) in [5, 5.41) is 3.78. The number of anilines is 2. The van der Waals surface area contributed by atoms with E-state index in [0.29, 0.717) is 17.4 Å². The number of hydrogen-bond donors (Lipinski definition) is 2. The lowest BCUT2D eigenvalue weighted by Crippen LogP contribution is -2.02. The monoisotopic (exact) mass is 234 g/mol. The first-order valence-corrected chi connectivity index (χ1v) is 5.19. The molecule has 0 radical (unpaired) electrons. The average molecular weight is 235 g/mol. The van der Waals surface area contributed by atoms with Crippen LogP contribution in [-0.4, -0.2) is 9.97 Å². The summed E-state index contributed by atoms with van der Waals surface area (Å²) in [5.74, 6) is 0.666. The molecule has 2 rings (SSSR count). The van der Waals surface area contributed by atoms with Gasteiger partial charge in [-0.3, -0.25) is 4.98 Å². The molecule has 0 fully saturated rings. The molecule has 0 aliphatic carbocycles. The van der Waals surface area contributed by atoms with Gasteiger partial charge in [0.2, 0.25) is 0 Å². The van der Waals surface area contributed by atoms with Crippen molar-refractivity contribution in [2.24, 2.45) is 5.73 Å². The summed E-state index contributed by atoms with van der Waals surface area (Å²) in [6.45, 7) is 0.444. The van der Waals surface area contributed by atoms with Crippen LogP contribution in [0.1, 0.15) is 5.56 Å². The van der Waals surface area contributed by atoms with Crippen molar-refractivity contribution in [2.45, 2.75) is 6.54 Å². The number of nitrogens with one attached hydrogen (secondary N) is 1. The highest BCUT2D eigenvalue weighted by Gasteiger charge is 2.03. The second kappa shape index (κ2) is 4.92. The summed E-state index contributed by atoms with van der Waals surface area (Å²) in [6, 6.07) is 5.52. The van der Waals surface area contributed by atoms with Crippen LogP contribution < -0.4 is 11.1 Å². The third-order valence-electron chi connectivity index (χ3n) is 2.12. The number of benzene rings is 1. The molecule has 1 heterocycles. The molecule has 0 saturated heterocycles. The summed E-state index contributed by atoms with van der Waals surface area (Å²) in [4.78, 5) is 8.09. The molecule has 82 valence electrons. The molecule has 0 bridgehead atoms. The zero-order chi connectivity index (χ0) is 11.4. The third kappa shape index (κ3) is 2.48. The Kier molecular flexibility index (Phi) is 3.34. The summed E-state index contributed by atoms with van der Waals surface area (Å²) in [7, 11) is 0. The van der Waals surface area contributed by atoms with Crippen LogP contribution in [0.5, 0.6) is 0 Å². The van der Waals surface area contributed by atoms with Crippen LogP contribution in [0.4, 0.5) is 11.5 Å². The van der Waals surface area contributed by atoms with E-state index in [0.717, 1.165) is 11.3 Å². The lowest BCUT2D eigenvalue weighted by molar-refractivity contribution is 1.07. The SMILES string of the molecule is NCc1ccc(Cl)cc1Nc1cnccn1. The molecule has 4 nitrogen and oxygen atoms in total. The van der Waals surface area contributed by atoms with E-state index in [1.54, 1.807) is 18.6 Å². The summed E-state index contributed by atoms with van der Waals surface area (Å²) < 4.78 is 0. The van der Waals surface area contributed by atoms with Crippen molar-refractivity contribution >= 4 is 23.1 Å². The Morgan fingerprint density at radius 3 is 2.88 bits per heavy atom. The molecular weight excluding hydrogens is 224 g/mol. The molecule has 2 aromatic rings. The first-order chi connectivity index (χ1) is 7.79. The standard InChI is InChI=1S/C11H11ClN4/c12-9-2-1-8(6-13)10(5-9)16-11-7-14-3-4-15-11/h1-5,7H,6,13H2,(H,15,16). The highest BCUT2D eigenvalue weighted by molar-refractivity contribution is 6.30. The highest BCUT2D eigenvalue weighted by Crippen LogP contribution is 2.23.